The summed E-state index contributed by atoms with van der Waals surface area (Å²) in [5, 5.41) is 0. The second-order valence-electron chi connectivity index (χ2n) is 2.94. The molecule has 1 aliphatic rings. The van der Waals surface area contributed by atoms with E-state index in [0.717, 1.165) is 5.67 Å². The van der Waals surface area contributed by atoms with Crippen molar-refractivity contribution in [2.24, 2.45) is 0 Å². The van der Waals surface area contributed by atoms with E-state index in [-0.39, 0.29) is 0 Å². The number of nitrogens with zero attached hydrogens (tertiary/aromatic N) is 1. The van der Waals surface area contributed by atoms with E-state index in [2.05, 4.69) is 31.6 Å². The van der Waals surface area contributed by atoms with Gasteiger partial charge >= 0.3 is 0 Å². The molecular formula is C5H13NSi. The molecule has 0 saturated carbocycles. The minimum Gasteiger partial charge on any atom is -0.324 e. The van der Waals surface area contributed by atoms with Gasteiger partial charge in [0.2, 0.25) is 0 Å². The molecule has 2 heteroatoms. The zero-order valence-electron chi connectivity index (χ0n) is 5.52. The third-order valence-electron chi connectivity index (χ3n) is 2.44. The molecule has 1 aliphatic heterocycles. The van der Waals surface area contributed by atoms with E-state index in [9.17, 15) is 0 Å². The molecule has 0 aromatic carbocycles. The molecule has 0 aliphatic carbocycles. The van der Waals surface area contributed by atoms with Gasteiger partial charge in [0.15, 0.2) is 0 Å². The first-order valence-electron chi connectivity index (χ1n) is 2.80. The Morgan fingerprint density at radius 1 is 1.43 bits per heavy atom. The quantitative estimate of drug-likeness (QED) is 0.337. The fourth-order valence-corrected chi connectivity index (χ4v) is 3.50. The summed E-state index contributed by atoms with van der Waals surface area (Å²) >= 11 is 0. The highest BCUT2D eigenvalue weighted by Crippen LogP contribution is 2.32. The van der Waals surface area contributed by atoms with Crippen molar-refractivity contribution in [2.45, 2.75) is 25.7 Å². The fraction of sp³-hybridized carbons (Fsp3) is 1.00. The van der Waals surface area contributed by atoms with Gasteiger partial charge < -0.3 is 4.57 Å². The molecule has 2 atom stereocenters. The Balaban J connectivity index is 2.52. The first-order valence-corrected chi connectivity index (χ1v) is 5.82. The molecule has 0 aromatic rings. The maximum atomic E-state index is 2.49. The van der Waals surface area contributed by atoms with Crippen LogP contribution in [-0.4, -0.2) is 25.5 Å². The average molecular weight is 115 g/mol. The lowest BCUT2D eigenvalue weighted by Gasteiger charge is -1.90. The number of hydrogen-bond donors (Lipinski definition) is 0. The van der Waals surface area contributed by atoms with Gasteiger partial charge in [-0.1, -0.05) is 20.0 Å². The molecule has 0 bridgehead atoms. The standard InChI is InChI=1S/C5H13NSi/c1-5-6(2)7(5,3)4/h5H,1-4H3. The van der Waals surface area contributed by atoms with Gasteiger partial charge in [0.25, 0.3) is 0 Å². The van der Waals surface area contributed by atoms with Crippen molar-refractivity contribution in [1.82, 2.24) is 4.57 Å². The molecular weight excluding hydrogens is 102 g/mol. The molecule has 0 radical (unpaired) electrons. The minimum absolute atomic E-state index is 0.735. The van der Waals surface area contributed by atoms with Crippen molar-refractivity contribution in [3.63, 3.8) is 0 Å². The van der Waals surface area contributed by atoms with Gasteiger partial charge in [-0.2, -0.15) is 0 Å². The van der Waals surface area contributed by atoms with Gasteiger partial charge in [0.1, 0.15) is 8.24 Å². The minimum atomic E-state index is -0.735. The summed E-state index contributed by atoms with van der Waals surface area (Å²) in [4.78, 5) is 0. The predicted octanol–water partition coefficient (Wildman–Crippen LogP) is 1.06. The van der Waals surface area contributed by atoms with Crippen LogP contribution in [0.25, 0.3) is 0 Å². The Morgan fingerprint density at radius 2 is 1.57 bits per heavy atom. The Kier molecular flexibility index (Phi) is 0.848. The maximum Gasteiger partial charge on any atom is 0.138 e. The summed E-state index contributed by atoms with van der Waals surface area (Å²) in [5.74, 6) is 0. The molecule has 0 amide bonds. The van der Waals surface area contributed by atoms with Crippen molar-refractivity contribution >= 4 is 8.24 Å². The fourth-order valence-electron chi connectivity index (χ4n) is 0.907. The lowest BCUT2D eigenvalue weighted by molar-refractivity contribution is 0.668. The molecule has 2 unspecified atom stereocenters. The summed E-state index contributed by atoms with van der Waals surface area (Å²) in [6.07, 6.45) is 0. The highest BCUT2D eigenvalue weighted by Gasteiger charge is 2.51. The molecule has 1 fully saturated rings. The first-order chi connectivity index (χ1) is 3.07. The average Bonchev–Trinajstić information content (AvgIpc) is 1.91. The Hall–Kier alpha value is 0.177. The molecule has 0 spiro atoms. The van der Waals surface area contributed by atoms with Crippen molar-refractivity contribution in [1.29, 1.82) is 0 Å². The molecule has 1 nitrogen and oxygen atoms in total. The molecule has 1 rings (SSSR count). The molecule has 1 heterocycles. The van der Waals surface area contributed by atoms with E-state index in [1.807, 2.05) is 0 Å². The van der Waals surface area contributed by atoms with Gasteiger partial charge in [-0.3, -0.25) is 0 Å². The highest BCUT2D eigenvalue weighted by molar-refractivity contribution is 6.85. The van der Waals surface area contributed by atoms with E-state index in [4.69, 9.17) is 0 Å². The van der Waals surface area contributed by atoms with E-state index >= 15 is 0 Å². The Morgan fingerprint density at radius 3 is 1.57 bits per heavy atom. The molecule has 1 saturated heterocycles. The largest absolute Gasteiger partial charge is 0.324 e. The molecule has 0 N–H and O–H groups in total. The lowest BCUT2D eigenvalue weighted by atomic mass is 10.8. The monoisotopic (exact) mass is 115 g/mol. The normalized spacial score (nSPS) is 46.3. The van der Waals surface area contributed by atoms with Crippen LogP contribution in [-0.2, 0) is 0 Å². The van der Waals surface area contributed by atoms with Crippen molar-refractivity contribution in [2.75, 3.05) is 7.05 Å². The second-order valence-corrected chi connectivity index (χ2v) is 7.79. The van der Waals surface area contributed by atoms with Crippen molar-refractivity contribution in [3.05, 3.63) is 0 Å². The van der Waals surface area contributed by atoms with Gasteiger partial charge in [-0.15, -0.1) is 0 Å². The van der Waals surface area contributed by atoms with Crippen LogP contribution in [0.4, 0.5) is 0 Å². The van der Waals surface area contributed by atoms with Crippen molar-refractivity contribution in [3.8, 4) is 0 Å². The SMILES string of the molecule is CC1N(C)[Si]1(C)C. The number of rotatable bonds is 0. The Labute approximate surface area is 46.4 Å². The second kappa shape index (κ2) is 1.12. The van der Waals surface area contributed by atoms with E-state index < -0.39 is 8.24 Å². The first kappa shape index (κ1) is 5.32. The smallest absolute Gasteiger partial charge is 0.138 e. The van der Waals surface area contributed by atoms with E-state index in [1.165, 1.54) is 0 Å². The van der Waals surface area contributed by atoms with E-state index in [1.54, 1.807) is 0 Å². The zero-order valence-corrected chi connectivity index (χ0v) is 6.52. The summed E-state index contributed by atoms with van der Waals surface area (Å²) in [5.41, 5.74) is 0.937. The molecule has 0 aromatic heterocycles. The van der Waals surface area contributed by atoms with Gasteiger partial charge in [-0.05, 0) is 7.05 Å². The van der Waals surface area contributed by atoms with Gasteiger partial charge in [0, 0.05) is 5.67 Å². The van der Waals surface area contributed by atoms with E-state index in [0.29, 0.717) is 0 Å². The van der Waals surface area contributed by atoms with Gasteiger partial charge in [0.05, 0.1) is 0 Å². The summed E-state index contributed by atoms with van der Waals surface area (Å²) in [6, 6.07) is 0. The van der Waals surface area contributed by atoms with Crippen LogP contribution in [0.5, 0.6) is 0 Å². The Bertz CT molecular complexity index is 80.1. The zero-order chi connectivity index (χ0) is 5.65. The van der Waals surface area contributed by atoms with Crippen LogP contribution in [0.2, 0.25) is 13.1 Å². The summed E-state index contributed by atoms with van der Waals surface area (Å²) < 4.78 is 2.49. The predicted molar refractivity (Wildman–Crippen MR) is 34.7 cm³/mol. The van der Waals surface area contributed by atoms with Crippen LogP contribution >= 0.6 is 0 Å². The number of hydrogen-bond acceptors (Lipinski definition) is 1. The molecule has 42 valence electrons. The summed E-state index contributed by atoms with van der Waals surface area (Å²) in [6.45, 7) is 7.11. The summed E-state index contributed by atoms with van der Waals surface area (Å²) in [7, 11) is 1.48. The topological polar surface area (TPSA) is 3.01 Å². The van der Waals surface area contributed by atoms with Crippen LogP contribution in [0.15, 0.2) is 0 Å². The van der Waals surface area contributed by atoms with Crippen LogP contribution < -0.4 is 0 Å². The third kappa shape index (κ3) is 0.536. The van der Waals surface area contributed by atoms with Crippen LogP contribution in [0.1, 0.15) is 6.92 Å². The molecule has 7 heavy (non-hydrogen) atoms. The van der Waals surface area contributed by atoms with Gasteiger partial charge in [-0.25, -0.2) is 0 Å². The third-order valence-corrected chi connectivity index (χ3v) is 6.82. The highest BCUT2D eigenvalue weighted by atomic mass is 28.3. The van der Waals surface area contributed by atoms with Crippen LogP contribution in [0.3, 0.4) is 0 Å². The van der Waals surface area contributed by atoms with Crippen LogP contribution in [0, 0.1) is 0 Å². The van der Waals surface area contributed by atoms with Crippen molar-refractivity contribution < 1.29 is 0 Å². The lowest BCUT2D eigenvalue weighted by Crippen LogP contribution is -2.10. The maximum absolute atomic E-state index is 2.49.